The molecule has 1 atom stereocenters. The molecule has 1 N–H and O–H groups in total. The van der Waals surface area contributed by atoms with Gasteiger partial charge in [0.25, 0.3) is 0 Å². The molecule has 2 amide bonds. The molecule has 0 spiro atoms. The summed E-state index contributed by atoms with van der Waals surface area (Å²) in [5.41, 5.74) is 3.00. The van der Waals surface area contributed by atoms with Crippen LogP contribution in [0.15, 0.2) is 54.6 Å². The molecule has 27 heavy (non-hydrogen) atoms. The van der Waals surface area contributed by atoms with E-state index in [1.165, 1.54) is 4.90 Å². The molecule has 0 radical (unpaired) electrons. The van der Waals surface area contributed by atoms with Crippen LogP contribution >= 0.6 is 0 Å². The average Bonchev–Trinajstić information content (AvgIpc) is 2.72. The van der Waals surface area contributed by atoms with Gasteiger partial charge in [-0.3, -0.25) is 9.59 Å². The Balaban J connectivity index is 1.86. The summed E-state index contributed by atoms with van der Waals surface area (Å²) in [4.78, 5) is 28.1. The van der Waals surface area contributed by atoms with E-state index in [1.54, 1.807) is 4.90 Å². The predicted molar refractivity (Wildman–Crippen MR) is 106 cm³/mol. The van der Waals surface area contributed by atoms with Gasteiger partial charge < -0.3 is 14.9 Å². The number of aliphatic hydroxyl groups is 1. The van der Waals surface area contributed by atoms with Crippen molar-refractivity contribution >= 4 is 17.5 Å². The number of hydrogen-bond donors (Lipinski definition) is 1. The van der Waals surface area contributed by atoms with E-state index in [0.29, 0.717) is 6.54 Å². The highest BCUT2D eigenvalue weighted by Crippen LogP contribution is 2.27. The predicted octanol–water partition coefficient (Wildman–Crippen LogP) is 3.08. The van der Waals surface area contributed by atoms with E-state index in [-0.39, 0.29) is 24.4 Å². The van der Waals surface area contributed by atoms with Crippen LogP contribution in [0.1, 0.15) is 26.2 Å². The largest absolute Gasteiger partial charge is 0.387 e. The van der Waals surface area contributed by atoms with Gasteiger partial charge in [-0.25, -0.2) is 0 Å². The Bertz CT molecular complexity index is 791. The van der Waals surface area contributed by atoms with Crippen molar-refractivity contribution in [3.05, 3.63) is 54.6 Å². The van der Waals surface area contributed by atoms with E-state index in [4.69, 9.17) is 0 Å². The van der Waals surface area contributed by atoms with Gasteiger partial charge in [0.1, 0.15) is 13.2 Å². The molecule has 1 aliphatic heterocycles. The standard InChI is InChI=1S/C22H26N2O3/c1-2-3-11-20-14-23(21(26)15-24(20)22(27)16-25)19-12-7-10-18(13-19)17-8-5-4-6-9-17/h4-10,12-13,20,25H,2-3,11,14-16H2,1H3/t20-/m1/s1. The van der Waals surface area contributed by atoms with Crippen molar-refractivity contribution in [2.24, 2.45) is 0 Å². The molecule has 1 heterocycles. The summed E-state index contributed by atoms with van der Waals surface area (Å²) in [6.45, 7) is 2.03. The fourth-order valence-corrected chi connectivity index (χ4v) is 3.57. The Morgan fingerprint density at radius 2 is 1.85 bits per heavy atom. The summed E-state index contributed by atoms with van der Waals surface area (Å²) >= 11 is 0. The second kappa shape index (κ2) is 8.82. The highest BCUT2D eigenvalue weighted by Gasteiger charge is 2.34. The van der Waals surface area contributed by atoms with E-state index in [2.05, 4.69) is 6.92 Å². The lowest BCUT2D eigenvalue weighted by molar-refractivity contribution is -0.142. The zero-order valence-electron chi connectivity index (χ0n) is 15.7. The Morgan fingerprint density at radius 1 is 1.11 bits per heavy atom. The van der Waals surface area contributed by atoms with Crippen LogP contribution in [-0.4, -0.2) is 47.6 Å². The summed E-state index contributed by atoms with van der Waals surface area (Å²) in [5, 5.41) is 9.25. The Morgan fingerprint density at radius 3 is 2.56 bits per heavy atom. The van der Waals surface area contributed by atoms with Crippen molar-refractivity contribution in [2.45, 2.75) is 32.2 Å². The van der Waals surface area contributed by atoms with Crippen molar-refractivity contribution in [3.8, 4) is 11.1 Å². The van der Waals surface area contributed by atoms with Crippen LogP contribution in [0.2, 0.25) is 0 Å². The molecule has 142 valence electrons. The monoisotopic (exact) mass is 366 g/mol. The summed E-state index contributed by atoms with van der Waals surface area (Å²) in [6, 6.07) is 17.9. The van der Waals surface area contributed by atoms with Crippen LogP contribution < -0.4 is 4.90 Å². The Labute approximate surface area is 160 Å². The van der Waals surface area contributed by atoms with Crippen LogP contribution in [0.25, 0.3) is 11.1 Å². The first-order valence-corrected chi connectivity index (χ1v) is 9.50. The van der Waals surface area contributed by atoms with Gasteiger partial charge in [0.05, 0.1) is 6.04 Å². The van der Waals surface area contributed by atoms with Crippen molar-refractivity contribution in [1.82, 2.24) is 4.90 Å². The first-order chi connectivity index (χ1) is 13.1. The van der Waals surface area contributed by atoms with Gasteiger partial charge in [0, 0.05) is 12.2 Å². The fraction of sp³-hybridized carbons (Fsp3) is 0.364. The molecule has 1 fully saturated rings. The number of rotatable bonds is 6. The molecule has 5 heteroatoms. The first kappa shape index (κ1) is 19.1. The van der Waals surface area contributed by atoms with E-state index in [9.17, 15) is 14.7 Å². The molecule has 2 aromatic rings. The number of carbonyl (C=O) groups excluding carboxylic acids is 2. The quantitative estimate of drug-likeness (QED) is 0.855. The molecule has 1 aliphatic rings. The van der Waals surface area contributed by atoms with Gasteiger partial charge in [-0.05, 0) is 29.7 Å². The number of benzene rings is 2. The minimum absolute atomic E-state index is 0.0172. The molecule has 0 bridgehead atoms. The van der Waals surface area contributed by atoms with E-state index in [1.807, 2.05) is 54.6 Å². The zero-order chi connectivity index (χ0) is 19.2. The van der Waals surface area contributed by atoms with E-state index in [0.717, 1.165) is 36.1 Å². The van der Waals surface area contributed by atoms with E-state index >= 15 is 0 Å². The van der Waals surface area contributed by atoms with E-state index < -0.39 is 6.61 Å². The maximum Gasteiger partial charge on any atom is 0.249 e. The third kappa shape index (κ3) is 4.37. The summed E-state index contributed by atoms with van der Waals surface area (Å²) in [5.74, 6) is -0.489. The van der Waals surface area contributed by atoms with Gasteiger partial charge in [0.15, 0.2) is 0 Å². The number of nitrogens with zero attached hydrogens (tertiary/aromatic N) is 2. The van der Waals surface area contributed by atoms with Crippen molar-refractivity contribution in [3.63, 3.8) is 0 Å². The van der Waals surface area contributed by atoms with Gasteiger partial charge in [-0.15, -0.1) is 0 Å². The summed E-state index contributed by atoms with van der Waals surface area (Å²) < 4.78 is 0. The Hall–Kier alpha value is -2.66. The third-order valence-corrected chi connectivity index (χ3v) is 5.05. The molecule has 0 unspecified atom stereocenters. The number of carbonyl (C=O) groups is 2. The molecule has 1 saturated heterocycles. The normalized spacial score (nSPS) is 17.3. The van der Waals surface area contributed by atoms with Crippen LogP contribution in [0.3, 0.4) is 0 Å². The average molecular weight is 366 g/mol. The lowest BCUT2D eigenvalue weighted by Gasteiger charge is -2.41. The molecular weight excluding hydrogens is 340 g/mol. The number of aliphatic hydroxyl groups excluding tert-OH is 1. The maximum absolute atomic E-state index is 12.7. The van der Waals surface area contributed by atoms with Crippen LogP contribution in [-0.2, 0) is 9.59 Å². The molecule has 0 aliphatic carbocycles. The van der Waals surface area contributed by atoms with Gasteiger partial charge >= 0.3 is 0 Å². The Kier molecular flexibility index (Phi) is 6.24. The summed E-state index contributed by atoms with van der Waals surface area (Å²) in [7, 11) is 0. The van der Waals surface area contributed by atoms with Crippen LogP contribution in [0.5, 0.6) is 0 Å². The number of amides is 2. The number of unbranched alkanes of at least 4 members (excludes halogenated alkanes) is 1. The minimum atomic E-state index is -0.556. The molecule has 2 aromatic carbocycles. The molecule has 3 rings (SSSR count). The number of piperazine rings is 1. The van der Waals surface area contributed by atoms with Crippen LogP contribution in [0.4, 0.5) is 5.69 Å². The third-order valence-electron chi connectivity index (χ3n) is 5.05. The number of anilines is 1. The van der Waals surface area contributed by atoms with Crippen molar-refractivity contribution in [1.29, 1.82) is 0 Å². The zero-order valence-corrected chi connectivity index (χ0v) is 15.7. The number of hydrogen-bond acceptors (Lipinski definition) is 3. The van der Waals surface area contributed by atoms with Gasteiger partial charge in [-0.2, -0.15) is 0 Å². The minimum Gasteiger partial charge on any atom is -0.387 e. The molecule has 0 aromatic heterocycles. The molecule has 0 saturated carbocycles. The highest BCUT2D eigenvalue weighted by atomic mass is 16.3. The lowest BCUT2D eigenvalue weighted by Crippen LogP contribution is -2.58. The van der Waals surface area contributed by atoms with Gasteiger partial charge in [0.2, 0.25) is 11.8 Å². The second-order valence-electron chi connectivity index (χ2n) is 6.90. The lowest BCUT2D eigenvalue weighted by atomic mass is 10.0. The summed E-state index contributed by atoms with van der Waals surface area (Å²) in [6.07, 6.45) is 2.82. The smallest absolute Gasteiger partial charge is 0.249 e. The molecule has 5 nitrogen and oxygen atoms in total. The van der Waals surface area contributed by atoms with Crippen molar-refractivity contribution < 1.29 is 14.7 Å². The topological polar surface area (TPSA) is 60.9 Å². The molecular formula is C22H26N2O3. The SMILES string of the molecule is CCCC[C@@H]1CN(c2cccc(-c3ccccc3)c2)C(=O)CN1C(=O)CO. The van der Waals surface area contributed by atoms with Crippen molar-refractivity contribution in [2.75, 3.05) is 24.6 Å². The van der Waals surface area contributed by atoms with Gasteiger partial charge in [-0.1, -0.05) is 62.2 Å². The maximum atomic E-state index is 12.7. The first-order valence-electron chi connectivity index (χ1n) is 9.50. The van der Waals surface area contributed by atoms with Crippen LogP contribution in [0, 0.1) is 0 Å². The second-order valence-corrected chi connectivity index (χ2v) is 6.90. The highest BCUT2D eigenvalue weighted by molar-refractivity contribution is 5.98. The fourth-order valence-electron chi connectivity index (χ4n) is 3.57.